The van der Waals surface area contributed by atoms with Gasteiger partial charge in [0.25, 0.3) is 0 Å². The molecule has 1 amide bonds. The van der Waals surface area contributed by atoms with E-state index in [-0.39, 0.29) is 11.9 Å². The van der Waals surface area contributed by atoms with Crippen LogP contribution in [0.4, 0.5) is 0 Å². The second-order valence-electron chi connectivity index (χ2n) is 4.72. The topological polar surface area (TPSA) is 69.1 Å². The lowest BCUT2D eigenvalue weighted by atomic mass is 9.83. The Labute approximate surface area is 111 Å². The van der Waals surface area contributed by atoms with Crippen molar-refractivity contribution in [1.82, 2.24) is 0 Å². The average molecular weight is 275 g/mol. The van der Waals surface area contributed by atoms with Crippen molar-refractivity contribution in [3.63, 3.8) is 0 Å². The molecule has 0 aliphatic carbocycles. The van der Waals surface area contributed by atoms with Gasteiger partial charge in [0, 0.05) is 21.5 Å². The van der Waals surface area contributed by atoms with E-state index in [1.165, 1.54) is 0 Å². The lowest BCUT2D eigenvalue weighted by molar-refractivity contribution is -0.126. The quantitative estimate of drug-likeness (QED) is 0.887. The fourth-order valence-electron chi connectivity index (χ4n) is 1.56. The highest BCUT2D eigenvalue weighted by atomic mass is 35.5. The van der Waals surface area contributed by atoms with Gasteiger partial charge in [0.2, 0.25) is 5.91 Å². The first-order chi connectivity index (χ1) is 7.74. The Morgan fingerprint density at radius 2 is 2.00 bits per heavy atom. The van der Waals surface area contributed by atoms with Crippen molar-refractivity contribution in [2.24, 2.45) is 16.9 Å². The van der Waals surface area contributed by atoms with E-state index in [1.807, 2.05) is 0 Å². The molecule has 17 heavy (non-hydrogen) atoms. The summed E-state index contributed by atoms with van der Waals surface area (Å²) in [6.45, 7) is 3.53. The van der Waals surface area contributed by atoms with E-state index >= 15 is 0 Å². The summed E-state index contributed by atoms with van der Waals surface area (Å²) in [7, 11) is 0. The Balaban J connectivity index is 2.90. The van der Waals surface area contributed by atoms with Gasteiger partial charge in [-0.1, -0.05) is 43.1 Å². The number of carbonyl (C=O) groups excluding carboxylic acids is 1. The van der Waals surface area contributed by atoms with Crippen molar-refractivity contribution in [3.05, 3.63) is 33.8 Å². The highest BCUT2D eigenvalue weighted by Crippen LogP contribution is 2.32. The van der Waals surface area contributed by atoms with Crippen molar-refractivity contribution < 1.29 is 4.79 Å². The van der Waals surface area contributed by atoms with Crippen LogP contribution in [0.15, 0.2) is 18.2 Å². The van der Waals surface area contributed by atoms with Crippen molar-refractivity contribution in [2.45, 2.75) is 26.3 Å². The minimum absolute atomic E-state index is 0.345. The number of carbonyl (C=O) groups is 1. The highest BCUT2D eigenvalue weighted by molar-refractivity contribution is 6.35. The molecule has 0 bridgehead atoms. The van der Waals surface area contributed by atoms with E-state index < -0.39 is 5.41 Å². The van der Waals surface area contributed by atoms with E-state index in [9.17, 15) is 4.79 Å². The maximum atomic E-state index is 11.2. The minimum Gasteiger partial charge on any atom is -0.369 e. The fraction of sp³-hybridized carbons (Fsp3) is 0.417. The molecule has 0 fully saturated rings. The number of amides is 1. The third-order valence-corrected chi connectivity index (χ3v) is 3.32. The second kappa shape index (κ2) is 5.25. The molecule has 0 spiro atoms. The molecular formula is C12H16Cl2N2O. The van der Waals surface area contributed by atoms with Gasteiger partial charge < -0.3 is 11.5 Å². The van der Waals surface area contributed by atoms with Gasteiger partial charge in [-0.05, 0) is 24.1 Å². The van der Waals surface area contributed by atoms with Crippen LogP contribution in [-0.2, 0) is 4.79 Å². The Hall–Kier alpha value is -0.770. The van der Waals surface area contributed by atoms with Gasteiger partial charge in [0.1, 0.15) is 0 Å². The molecule has 3 nitrogen and oxygen atoms in total. The van der Waals surface area contributed by atoms with Crippen LogP contribution in [0, 0.1) is 5.41 Å². The predicted molar refractivity (Wildman–Crippen MR) is 71.0 cm³/mol. The smallest absolute Gasteiger partial charge is 0.223 e. The number of halogens is 2. The Morgan fingerprint density at radius 3 is 2.47 bits per heavy atom. The normalized spacial score (nSPS) is 13.5. The summed E-state index contributed by atoms with van der Waals surface area (Å²) in [4.78, 5) is 11.2. The van der Waals surface area contributed by atoms with Crippen molar-refractivity contribution >= 4 is 29.1 Å². The molecule has 0 aliphatic rings. The van der Waals surface area contributed by atoms with E-state index in [0.717, 1.165) is 5.56 Å². The van der Waals surface area contributed by atoms with Gasteiger partial charge in [-0.2, -0.15) is 0 Å². The number of benzene rings is 1. The molecule has 0 saturated carbocycles. The molecule has 0 aliphatic heterocycles. The zero-order chi connectivity index (χ0) is 13.2. The first-order valence-electron chi connectivity index (χ1n) is 5.24. The standard InChI is InChI=1S/C12H16Cl2N2O/c1-12(2,11(16)17)6-10(15)8-4-3-7(13)5-9(8)14/h3-5,10H,6,15H2,1-2H3,(H2,16,17). The van der Waals surface area contributed by atoms with Gasteiger partial charge in [-0.3, -0.25) is 4.79 Å². The number of primary amides is 1. The van der Waals surface area contributed by atoms with Crippen LogP contribution in [0.5, 0.6) is 0 Å². The van der Waals surface area contributed by atoms with Crippen molar-refractivity contribution in [3.8, 4) is 0 Å². The molecule has 94 valence electrons. The molecular weight excluding hydrogens is 259 g/mol. The Kier molecular flexibility index (Phi) is 4.42. The van der Waals surface area contributed by atoms with Gasteiger partial charge in [0.15, 0.2) is 0 Å². The molecule has 1 unspecified atom stereocenters. The van der Waals surface area contributed by atoms with Crippen LogP contribution in [0.3, 0.4) is 0 Å². The van der Waals surface area contributed by atoms with Crippen molar-refractivity contribution in [1.29, 1.82) is 0 Å². The largest absolute Gasteiger partial charge is 0.369 e. The van der Waals surface area contributed by atoms with E-state index in [4.69, 9.17) is 34.7 Å². The van der Waals surface area contributed by atoms with Crippen LogP contribution in [-0.4, -0.2) is 5.91 Å². The summed E-state index contributed by atoms with van der Waals surface area (Å²) >= 11 is 11.9. The van der Waals surface area contributed by atoms with Crippen molar-refractivity contribution in [2.75, 3.05) is 0 Å². The van der Waals surface area contributed by atoms with Crippen LogP contribution in [0.25, 0.3) is 0 Å². The third-order valence-electron chi connectivity index (χ3n) is 2.76. The zero-order valence-electron chi connectivity index (χ0n) is 9.84. The summed E-state index contributed by atoms with van der Waals surface area (Å²) in [5.41, 5.74) is 11.4. The highest BCUT2D eigenvalue weighted by Gasteiger charge is 2.28. The lowest BCUT2D eigenvalue weighted by Gasteiger charge is -2.25. The van der Waals surface area contributed by atoms with Crippen LogP contribution < -0.4 is 11.5 Å². The summed E-state index contributed by atoms with van der Waals surface area (Å²) in [5, 5.41) is 1.06. The molecule has 0 saturated heterocycles. The molecule has 1 aromatic rings. The summed E-state index contributed by atoms with van der Waals surface area (Å²) in [6, 6.07) is 4.78. The number of hydrogen-bond acceptors (Lipinski definition) is 2. The molecule has 0 radical (unpaired) electrons. The Morgan fingerprint density at radius 1 is 1.41 bits per heavy atom. The number of rotatable bonds is 4. The third kappa shape index (κ3) is 3.60. The second-order valence-corrected chi connectivity index (χ2v) is 5.57. The SMILES string of the molecule is CC(C)(CC(N)c1ccc(Cl)cc1Cl)C(N)=O. The maximum absolute atomic E-state index is 11.2. The van der Waals surface area contributed by atoms with Gasteiger partial charge >= 0.3 is 0 Å². The first kappa shape index (κ1) is 14.3. The number of nitrogens with two attached hydrogens (primary N) is 2. The first-order valence-corrected chi connectivity index (χ1v) is 6.00. The van der Waals surface area contributed by atoms with Gasteiger partial charge in [0.05, 0.1) is 0 Å². The van der Waals surface area contributed by atoms with Crippen LogP contribution in [0.2, 0.25) is 10.0 Å². The molecule has 1 atom stereocenters. The summed E-state index contributed by atoms with van der Waals surface area (Å²) < 4.78 is 0. The monoisotopic (exact) mass is 274 g/mol. The van der Waals surface area contributed by atoms with E-state index in [1.54, 1.807) is 32.0 Å². The maximum Gasteiger partial charge on any atom is 0.223 e. The molecule has 4 N–H and O–H groups in total. The molecule has 1 rings (SSSR count). The zero-order valence-corrected chi connectivity index (χ0v) is 11.3. The molecule has 5 heteroatoms. The Bertz CT molecular complexity index is 433. The molecule has 0 heterocycles. The van der Waals surface area contributed by atoms with Crippen LogP contribution >= 0.6 is 23.2 Å². The van der Waals surface area contributed by atoms with Crippen LogP contribution in [0.1, 0.15) is 31.9 Å². The summed E-state index contributed by atoms with van der Waals surface area (Å²) in [6.07, 6.45) is 0.434. The molecule has 1 aromatic carbocycles. The van der Waals surface area contributed by atoms with Gasteiger partial charge in [-0.15, -0.1) is 0 Å². The summed E-state index contributed by atoms with van der Waals surface area (Å²) in [5.74, 6) is -0.377. The average Bonchev–Trinajstić information content (AvgIpc) is 2.15. The van der Waals surface area contributed by atoms with Gasteiger partial charge in [-0.25, -0.2) is 0 Å². The predicted octanol–water partition coefficient (Wildman–Crippen LogP) is 2.89. The number of hydrogen-bond donors (Lipinski definition) is 2. The molecule has 0 aromatic heterocycles. The fourth-order valence-corrected chi connectivity index (χ4v) is 2.11. The lowest BCUT2D eigenvalue weighted by Crippen LogP contribution is -2.34. The van der Waals surface area contributed by atoms with E-state index in [0.29, 0.717) is 16.5 Å². The van der Waals surface area contributed by atoms with E-state index in [2.05, 4.69) is 0 Å². The minimum atomic E-state index is -0.664.